The highest BCUT2D eigenvalue weighted by Gasteiger charge is 2.16. The highest BCUT2D eigenvalue weighted by molar-refractivity contribution is 5.73. The number of anilines is 3. The van der Waals surface area contributed by atoms with E-state index in [1.54, 1.807) is 6.33 Å². The fourth-order valence-electron chi connectivity index (χ4n) is 2.47. The first-order chi connectivity index (χ1) is 9.96. The van der Waals surface area contributed by atoms with E-state index in [4.69, 9.17) is 5.73 Å². The van der Waals surface area contributed by atoms with Crippen molar-refractivity contribution < 1.29 is 0 Å². The van der Waals surface area contributed by atoms with Crippen LogP contribution in [0.4, 0.5) is 17.3 Å². The van der Waals surface area contributed by atoms with Gasteiger partial charge in [0.05, 0.1) is 0 Å². The molecule has 0 amide bonds. The van der Waals surface area contributed by atoms with Gasteiger partial charge in [-0.2, -0.15) is 0 Å². The quantitative estimate of drug-likeness (QED) is 0.504. The molecule has 0 aromatic carbocycles. The van der Waals surface area contributed by atoms with E-state index < -0.39 is 0 Å². The number of hydrazine groups is 1. The summed E-state index contributed by atoms with van der Waals surface area (Å²) in [4.78, 5) is 8.50. The molecule has 21 heavy (non-hydrogen) atoms. The molecule has 0 aliphatic heterocycles. The molecule has 1 aromatic heterocycles. The maximum atomic E-state index is 6.18. The van der Waals surface area contributed by atoms with E-state index in [1.807, 2.05) is 0 Å². The molecule has 1 aromatic rings. The van der Waals surface area contributed by atoms with E-state index in [9.17, 15) is 0 Å². The zero-order chi connectivity index (χ0) is 15.3. The van der Waals surface area contributed by atoms with Gasteiger partial charge in [0.25, 0.3) is 0 Å². The number of aromatic nitrogens is 2. The molecule has 0 unspecified atom stereocenters. The van der Waals surface area contributed by atoms with Gasteiger partial charge < -0.3 is 16.5 Å². The van der Waals surface area contributed by atoms with Crippen LogP contribution in [-0.2, 0) is 0 Å². The van der Waals surface area contributed by atoms with Crippen molar-refractivity contribution in [2.75, 3.05) is 16.5 Å². The summed E-state index contributed by atoms with van der Waals surface area (Å²) < 4.78 is 0. The van der Waals surface area contributed by atoms with Gasteiger partial charge >= 0.3 is 0 Å². The third-order valence-corrected chi connectivity index (χ3v) is 3.64. The lowest BCUT2D eigenvalue weighted by Gasteiger charge is -2.23. The van der Waals surface area contributed by atoms with Gasteiger partial charge in [-0.05, 0) is 33.6 Å². The molecule has 0 radical (unpaired) electrons. The molecule has 118 valence electrons. The van der Waals surface area contributed by atoms with Gasteiger partial charge in [0.1, 0.15) is 12.0 Å². The Hall–Kier alpha value is -1.56. The van der Waals surface area contributed by atoms with Crippen molar-refractivity contribution in [3.63, 3.8) is 0 Å². The second-order valence-electron chi connectivity index (χ2n) is 6.82. The normalized spacial score (nSPS) is 17.3. The van der Waals surface area contributed by atoms with Crippen LogP contribution in [0, 0.1) is 0 Å². The highest BCUT2D eigenvalue weighted by atomic mass is 15.4. The van der Waals surface area contributed by atoms with E-state index in [0.717, 1.165) is 5.82 Å². The molecule has 0 spiro atoms. The number of hydrogen-bond acceptors (Lipinski definition) is 6. The van der Waals surface area contributed by atoms with Crippen LogP contribution in [0.15, 0.2) is 6.33 Å². The molecule has 1 saturated carbocycles. The minimum absolute atomic E-state index is 0.0632. The molecule has 6 nitrogen and oxygen atoms in total. The number of nitrogens with zero attached hydrogens (tertiary/aromatic N) is 2. The summed E-state index contributed by atoms with van der Waals surface area (Å²) in [5.74, 6) is 1.35. The van der Waals surface area contributed by atoms with E-state index >= 15 is 0 Å². The maximum Gasteiger partial charge on any atom is 0.169 e. The molecular formula is C15H28N6. The van der Waals surface area contributed by atoms with Crippen LogP contribution < -0.4 is 21.9 Å². The number of hydrogen-bond donors (Lipinski definition) is 4. The molecule has 0 bridgehead atoms. The molecule has 1 aliphatic rings. The lowest BCUT2D eigenvalue weighted by Crippen LogP contribution is -2.40. The minimum Gasteiger partial charge on any atom is -0.393 e. The van der Waals surface area contributed by atoms with Crippen molar-refractivity contribution in [1.82, 2.24) is 15.4 Å². The number of nitrogens with one attached hydrogen (secondary N) is 3. The van der Waals surface area contributed by atoms with Crippen molar-refractivity contribution in [1.29, 1.82) is 0 Å². The van der Waals surface area contributed by atoms with Crippen LogP contribution in [-0.4, -0.2) is 21.5 Å². The second kappa shape index (κ2) is 6.93. The Labute approximate surface area is 127 Å². The first-order valence-electron chi connectivity index (χ1n) is 7.86. The van der Waals surface area contributed by atoms with Gasteiger partial charge in [0.2, 0.25) is 0 Å². The predicted octanol–water partition coefficient (Wildman–Crippen LogP) is 2.91. The van der Waals surface area contributed by atoms with Crippen molar-refractivity contribution in [3.05, 3.63) is 6.33 Å². The summed E-state index contributed by atoms with van der Waals surface area (Å²) in [6, 6.07) is 0.466. The summed E-state index contributed by atoms with van der Waals surface area (Å²) in [6.45, 7) is 6.21. The molecular weight excluding hydrogens is 264 g/mol. The van der Waals surface area contributed by atoms with Crippen LogP contribution in [0.5, 0.6) is 0 Å². The topological polar surface area (TPSA) is 87.9 Å². The van der Waals surface area contributed by atoms with Crippen molar-refractivity contribution in [2.24, 2.45) is 0 Å². The van der Waals surface area contributed by atoms with Gasteiger partial charge in [-0.25, -0.2) is 15.4 Å². The van der Waals surface area contributed by atoms with Crippen LogP contribution >= 0.6 is 0 Å². The van der Waals surface area contributed by atoms with Crippen molar-refractivity contribution in [3.8, 4) is 0 Å². The molecule has 5 N–H and O–H groups in total. The Morgan fingerprint density at radius 3 is 2.29 bits per heavy atom. The van der Waals surface area contributed by atoms with Crippen molar-refractivity contribution >= 4 is 17.3 Å². The SMILES string of the molecule is CC(C)(C)NNc1ncnc(NC2CCCCCC2)c1N. The first kappa shape index (κ1) is 15.8. The van der Waals surface area contributed by atoms with E-state index in [2.05, 4.69) is 46.9 Å². The van der Waals surface area contributed by atoms with Gasteiger partial charge in [-0.15, -0.1) is 0 Å². The summed E-state index contributed by atoms with van der Waals surface area (Å²) in [5.41, 5.74) is 12.9. The van der Waals surface area contributed by atoms with E-state index in [-0.39, 0.29) is 5.54 Å². The Morgan fingerprint density at radius 2 is 1.67 bits per heavy atom. The van der Waals surface area contributed by atoms with Crippen LogP contribution in [0.2, 0.25) is 0 Å². The van der Waals surface area contributed by atoms with Crippen LogP contribution in [0.3, 0.4) is 0 Å². The van der Waals surface area contributed by atoms with Crippen LogP contribution in [0.1, 0.15) is 59.3 Å². The fraction of sp³-hybridized carbons (Fsp3) is 0.733. The summed E-state index contributed by atoms with van der Waals surface area (Å²) in [6.07, 6.45) is 9.14. The lowest BCUT2D eigenvalue weighted by molar-refractivity contribution is 0.464. The Balaban J connectivity index is 2.02. The summed E-state index contributed by atoms with van der Waals surface area (Å²) in [5, 5.41) is 3.48. The standard InChI is InChI=1S/C15H28N6/c1-15(2,3)21-20-14-12(16)13(17-10-18-14)19-11-8-6-4-5-7-9-11/h10-11,21H,4-9,16H2,1-3H3,(H2,17,18,19,20). The maximum absolute atomic E-state index is 6.18. The molecule has 1 fully saturated rings. The predicted molar refractivity (Wildman–Crippen MR) is 88.1 cm³/mol. The average Bonchev–Trinajstić information content (AvgIpc) is 2.67. The zero-order valence-electron chi connectivity index (χ0n) is 13.4. The largest absolute Gasteiger partial charge is 0.393 e. The van der Waals surface area contributed by atoms with E-state index in [0.29, 0.717) is 17.5 Å². The molecule has 0 saturated heterocycles. The lowest BCUT2D eigenvalue weighted by atomic mass is 10.1. The minimum atomic E-state index is -0.0632. The third-order valence-electron chi connectivity index (χ3n) is 3.64. The average molecular weight is 292 g/mol. The Morgan fingerprint density at radius 1 is 1.05 bits per heavy atom. The van der Waals surface area contributed by atoms with E-state index in [1.165, 1.54) is 38.5 Å². The van der Waals surface area contributed by atoms with Crippen LogP contribution in [0.25, 0.3) is 0 Å². The number of rotatable bonds is 4. The Kier molecular flexibility index (Phi) is 5.22. The van der Waals surface area contributed by atoms with Gasteiger partial charge in [0.15, 0.2) is 11.6 Å². The Bertz CT molecular complexity index is 446. The molecule has 6 heteroatoms. The van der Waals surface area contributed by atoms with Crippen molar-refractivity contribution in [2.45, 2.75) is 70.9 Å². The third kappa shape index (κ3) is 5.04. The van der Waals surface area contributed by atoms with Gasteiger partial charge in [-0.1, -0.05) is 25.7 Å². The smallest absolute Gasteiger partial charge is 0.169 e. The molecule has 0 atom stereocenters. The first-order valence-corrected chi connectivity index (χ1v) is 7.86. The number of nitrogen functional groups attached to an aromatic ring is 1. The highest BCUT2D eigenvalue weighted by Crippen LogP contribution is 2.26. The van der Waals surface area contributed by atoms with Gasteiger partial charge in [-0.3, -0.25) is 0 Å². The van der Waals surface area contributed by atoms with Gasteiger partial charge in [0, 0.05) is 11.6 Å². The summed E-state index contributed by atoms with van der Waals surface area (Å²) >= 11 is 0. The fourth-order valence-corrected chi connectivity index (χ4v) is 2.47. The molecule has 1 heterocycles. The molecule has 1 aliphatic carbocycles. The zero-order valence-corrected chi connectivity index (χ0v) is 13.4. The second-order valence-corrected chi connectivity index (χ2v) is 6.82. The monoisotopic (exact) mass is 292 g/mol. The summed E-state index contributed by atoms with van der Waals surface area (Å²) in [7, 11) is 0. The molecule has 2 rings (SSSR count). The number of nitrogens with two attached hydrogens (primary N) is 1.